The summed E-state index contributed by atoms with van der Waals surface area (Å²) in [5, 5.41) is 0. The second-order valence-electron chi connectivity index (χ2n) is 5.76. The summed E-state index contributed by atoms with van der Waals surface area (Å²) in [6, 6.07) is 0. The Balaban J connectivity index is 2.31. The van der Waals surface area contributed by atoms with Crippen molar-refractivity contribution in [2.75, 3.05) is 0 Å². The molecular formula is C12H21. The Morgan fingerprint density at radius 3 is 2.33 bits per heavy atom. The maximum Gasteiger partial charge on any atom is -0.0289 e. The van der Waals surface area contributed by atoms with Crippen molar-refractivity contribution in [1.29, 1.82) is 0 Å². The molecule has 2 fully saturated rings. The lowest BCUT2D eigenvalue weighted by atomic mass is 9.63. The van der Waals surface area contributed by atoms with Crippen LogP contribution < -0.4 is 0 Å². The van der Waals surface area contributed by atoms with Crippen LogP contribution in [0.15, 0.2) is 0 Å². The van der Waals surface area contributed by atoms with Crippen LogP contribution in [0.1, 0.15) is 46.5 Å². The molecule has 1 radical (unpaired) electrons. The summed E-state index contributed by atoms with van der Waals surface area (Å²) in [5.74, 6) is 1.87. The average molecular weight is 165 g/mol. The van der Waals surface area contributed by atoms with Gasteiger partial charge in [0, 0.05) is 0 Å². The van der Waals surface area contributed by atoms with Gasteiger partial charge in [0.2, 0.25) is 0 Å². The van der Waals surface area contributed by atoms with Crippen LogP contribution in [0.3, 0.4) is 0 Å². The van der Waals surface area contributed by atoms with Crippen LogP contribution in [0.2, 0.25) is 0 Å². The van der Waals surface area contributed by atoms with Gasteiger partial charge in [-0.2, -0.15) is 0 Å². The van der Waals surface area contributed by atoms with E-state index in [2.05, 4.69) is 27.7 Å². The lowest BCUT2D eigenvalue weighted by Crippen LogP contribution is -2.34. The molecule has 0 aromatic carbocycles. The predicted octanol–water partition coefficient (Wildman–Crippen LogP) is 3.67. The fourth-order valence-electron chi connectivity index (χ4n) is 4.13. The molecule has 2 bridgehead atoms. The first-order valence-electron chi connectivity index (χ1n) is 5.30. The Morgan fingerprint density at radius 2 is 2.00 bits per heavy atom. The number of fused-ring (bicyclic) bond motifs is 2. The molecule has 0 spiro atoms. The van der Waals surface area contributed by atoms with Crippen molar-refractivity contribution in [2.24, 2.45) is 22.7 Å². The van der Waals surface area contributed by atoms with Gasteiger partial charge < -0.3 is 0 Å². The Hall–Kier alpha value is 0. The highest BCUT2D eigenvalue weighted by Gasteiger charge is 2.57. The summed E-state index contributed by atoms with van der Waals surface area (Å²) in [4.78, 5) is 0. The quantitative estimate of drug-likeness (QED) is 0.556. The molecule has 0 heteroatoms. The molecule has 0 nitrogen and oxygen atoms in total. The van der Waals surface area contributed by atoms with Crippen LogP contribution >= 0.6 is 0 Å². The minimum atomic E-state index is 0.578. The van der Waals surface area contributed by atoms with E-state index in [0.717, 1.165) is 18.3 Å². The lowest BCUT2D eigenvalue weighted by Gasteiger charge is -2.42. The maximum absolute atomic E-state index is 4.13. The van der Waals surface area contributed by atoms with Gasteiger partial charge in [0.05, 0.1) is 0 Å². The highest BCUT2D eigenvalue weighted by molar-refractivity contribution is 5.07. The molecule has 0 aromatic rings. The fourth-order valence-corrected chi connectivity index (χ4v) is 4.13. The van der Waals surface area contributed by atoms with Crippen molar-refractivity contribution in [3.8, 4) is 0 Å². The third kappa shape index (κ3) is 0.843. The molecule has 2 aliphatic carbocycles. The number of hydrogen-bond donors (Lipinski definition) is 0. The zero-order valence-corrected chi connectivity index (χ0v) is 8.69. The van der Waals surface area contributed by atoms with E-state index >= 15 is 0 Å². The molecule has 2 saturated carbocycles. The first kappa shape index (κ1) is 8.59. The highest BCUT2D eigenvalue weighted by atomic mass is 14.6. The van der Waals surface area contributed by atoms with E-state index < -0.39 is 0 Å². The van der Waals surface area contributed by atoms with Crippen molar-refractivity contribution < 1.29 is 0 Å². The molecule has 0 heterocycles. The smallest absolute Gasteiger partial charge is 0.0289 e. The Bertz CT molecular complexity index is 187. The fraction of sp³-hybridized carbons (Fsp3) is 0.917. The second kappa shape index (κ2) is 2.27. The zero-order chi connectivity index (χ0) is 8.98. The molecule has 0 N–H and O–H groups in total. The molecule has 3 unspecified atom stereocenters. The molecular weight excluding hydrogens is 144 g/mol. The third-order valence-electron chi connectivity index (χ3n) is 4.86. The summed E-state index contributed by atoms with van der Waals surface area (Å²) in [6.45, 7) is 11.5. The molecule has 69 valence electrons. The van der Waals surface area contributed by atoms with Gasteiger partial charge in [0.25, 0.3) is 0 Å². The molecule has 12 heavy (non-hydrogen) atoms. The number of rotatable bonds is 1. The van der Waals surface area contributed by atoms with E-state index in [0.29, 0.717) is 10.8 Å². The topological polar surface area (TPSA) is 0 Å². The van der Waals surface area contributed by atoms with Crippen LogP contribution in [-0.2, 0) is 0 Å². The maximum atomic E-state index is 4.13. The van der Waals surface area contributed by atoms with E-state index in [9.17, 15) is 0 Å². The second-order valence-corrected chi connectivity index (χ2v) is 5.76. The van der Waals surface area contributed by atoms with Gasteiger partial charge >= 0.3 is 0 Å². The summed E-state index contributed by atoms with van der Waals surface area (Å²) in [5.41, 5.74) is 1.23. The Kier molecular flexibility index (Phi) is 1.63. The summed E-state index contributed by atoms with van der Waals surface area (Å²) < 4.78 is 0. The van der Waals surface area contributed by atoms with Gasteiger partial charge in [0.15, 0.2) is 0 Å². The molecule has 2 rings (SSSR count). The van der Waals surface area contributed by atoms with Crippen molar-refractivity contribution in [1.82, 2.24) is 0 Å². The van der Waals surface area contributed by atoms with E-state index in [4.69, 9.17) is 0 Å². The standard InChI is InChI=1S/C12H21/c1-5-10-11(2,3)9-6-7-12(10,4)8-9/h9-10H,1,5-8H2,2-4H3. The highest BCUT2D eigenvalue weighted by Crippen LogP contribution is 2.66. The van der Waals surface area contributed by atoms with Gasteiger partial charge in [-0.3, -0.25) is 0 Å². The van der Waals surface area contributed by atoms with Gasteiger partial charge in [-0.1, -0.05) is 27.7 Å². The molecule has 2 aliphatic rings. The molecule has 0 aromatic heterocycles. The summed E-state index contributed by atoms with van der Waals surface area (Å²) >= 11 is 0. The van der Waals surface area contributed by atoms with Gasteiger partial charge in [-0.25, -0.2) is 0 Å². The monoisotopic (exact) mass is 165 g/mol. The minimum absolute atomic E-state index is 0.578. The molecule has 3 atom stereocenters. The van der Waals surface area contributed by atoms with Crippen LogP contribution in [0, 0.1) is 29.6 Å². The largest absolute Gasteiger partial charge is 0.0594 e. The minimum Gasteiger partial charge on any atom is -0.0594 e. The summed E-state index contributed by atoms with van der Waals surface area (Å²) in [6.07, 6.45) is 5.54. The lowest BCUT2D eigenvalue weighted by molar-refractivity contribution is 0.0765. The molecule has 0 amide bonds. The van der Waals surface area contributed by atoms with Crippen LogP contribution in [0.5, 0.6) is 0 Å². The predicted molar refractivity (Wildman–Crippen MR) is 52.7 cm³/mol. The van der Waals surface area contributed by atoms with Crippen molar-refractivity contribution in [3.05, 3.63) is 6.92 Å². The molecule has 0 saturated heterocycles. The first-order chi connectivity index (χ1) is 5.50. The zero-order valence-electron chi connectivity index (χ0n) is 8.69. The van der Waals surface area contributed by atoms with Crippen molar-refractivity contribution in [2.45, 2.75) is 46.5 Å². The third-order valence-corrected chi connectivity index (χ3v) is 4.86. The van der Waals surface area contributed by atoms with Gasteiger partial charge in [0.1, 0.15) is 0 Å². The van der Waals surface area contributed by atoms with E-state index in [1.54, 1.807) is 0 Å². The van der Waals surface area contributed by atoms with Gasteiger partial charge in [-0.05, 0) is 48.3 Å². The van der Waals surface area contributed by atoms with Crippen molar-refractivity contribution >= 4 is 0 Å². The first-order valence-corrected chi connectivity index (χ1v) is 5.30. The normalized spacial score (nSPS) is 50.0. The van der Waals surface area contributed by atoms with Crippen LogP contribution in [0.4, 0.5) is 0 Å². The number of hydrogen-bond acceptors (Lipinski definition) is 0. The Labute approximate surface area is 76.7 Å². The summed E-state index contributed by atoms with van der Waals surface area (Å²) in [7, 11) is 0. The van der Waals surface area contributed by atoms with E-state index in [1.807, 2.05) is 0 Å². The van der Waals surface area contributed by atoms with Crippen molar-refractivity contribution in [3.63, 3.8) is 0 Å². The van der Waals surface area contributed by atoms with Crippen LogP contribution in [-0.4, -0.2) is 0 Å². The molecule has 0 aliphatic heterocycles. The Morgan fingerprint density at radius 1 is 1.33 bits per heavy atom. The van der Waals surface area contributed by atoms with Crippen LogP contribution in [0.25, 0.3) is 0 Å². The van der Waals surface area contributed by atoms with Gasteiger partial charge in [-0.15, -0.1) is 0 Å². The van der Waals surface area contributed by atoms with E-state index in [1.165, 1.54) is 19.3 Å². The van der Waals surface area contributed by atoms with E-state index in [-0.39, 0.29) is 0 Å². The average Bonchev–Trinajstić information content (AvgIpc) is 2.39. The SMILES string of the molecule is [CH2]CC1C2(C)CCC(C2)C1(C)C.